The number of allylic oxidation sites excluding steroid dienone is 4. The van der Waals surface area contributed by atoms with Gasteiger partial charge >= 0.3 is 12.1 Å². The third-order valence-corrected chi connectivity index (χ3v) is 6.30. The molecule has 0 aliphatic heterocycles. The van der Waals surface area contributed by atoms with Gasteiger partial charge < -0.3 is 14.6 Å². The third-order valence-electron chi connectivity index (χ3n) is 6.30. The number of hydrogen-bond donors (Lipinski definition) is 1. The van der Waals surface area contributed by atoms with Gasteiger partial charge in [-0.25, -0.2) is 4.99 Å². The van der Waals surface area contributed by atoms with Crippen molar-refractivity contribution in [1.82, 2.24) is 0 Å². The Morgan fingerprint density at radius 1 is 1.19 bits per heavy atom. The molecular formula is C29H36F3NO4. The van der Waals surface area contributed by atoms with Gasteiger partial charge in [0.2, 0.25) is 0 Å². The van der Waals surface area contributed by atoms with Crippen LogP contribution >= 0.6 is 0 Å². The van der Waals surface area contributed by atoms with Crippen LogP contribution in [0.1, 0.15) is 63.5 Å². The summed E-state index contributed by atoms with van der Waals surface area (Å²) in [5.74, 6) is 0.391. The fourth-order valence-electron chi connectivity index (χ4n) is 4.19. The molecule has 0 heterocycles. The highest BCUT2D eigenvalue weighted by molar-refractivity contribution is 5.83. The summed E-state index contributed by atoms with van der Waals surface area (Å²) in [5.41, 5.74) is 0.629. The molecule has 0 radical (unpaired) electrons. The minimum absolute atomic E-state index is 0.101. The van der Waals surface area contributed by atoms with E-state index in [1.807, 2.05) is 26.0 Å². The normalized spacial score (nSPS) is 15.8. The fourth-order valence-corrected chi connectivity index (χ4v) is 4.19. The summed E-state index contributed by atoms with van der Waals surface area (Å²) in [5, 5.41) is 9.21. The van der Waals surface area contributed by atoms with Crippen LogP contribution in [0.4, 0.5) is 13.2 Å². The summed E-state index contributed by atoms with van der Waals surface area (Å²) >= 11 is 0. The van der Waals surface area contributed by atoms with Gasteiger partial charge in [-0.15, -0.1) is 0 Å². The molecule has 1 saturated carbocycles. The lowest BCUT2D eigenvalue weighted by molar-refractivity contribution is -0.136. The van der Waals surface area contributed by atoms with Crippen molar-refractivity contribution in [2.45, 2.75) is 65.0 Å². The lowest BCUT2D eigenvalue weighted by Gasteiger charge is -2.27. The lowest BCUT2D eigenvalue weighted by Crippen LogP contribution is -2.33. The quantitative estimate of drug-likeness (QED) is 0.186. The van der Waals surface area contributed by atoms with Crippen LogP contribution in [0.3, 0.4) is 0 Å². The molecule has 37 heavy (non-hydrogen) atoms. The summed E-state index contributed by atoms with van der Waals surface area (Å²) < 4.78 is 50.1. The standard InChI is InChI=1S/C29H36F3NO4/c1-7-22(14-12-19(2)29(30,31)32)20(3)33-27(36-6)28(4,5)18-37-25-16-21(17-26(34)35)13-15-24(25)23-10-8-9-11-23/h7,12-16,23H,2-3,8-11,17-18H2,1,4-6H3,(H,34,35)/b14-12-,22-7+,33-27?. The first kappa shape index (κ1) is 29.9. The third kappa shape index (κ3) is 8.65. The van der Waals surface area contributed by atoms with Crippen molar-refractivity contribution in [1.29, 1.82) is 0 Å². The van der Waals surface area contributed by atoms with Gasteiger partial charge in [0.05, 0.1) is 24.6 Å². The summed E-state index contributed by atoms with van der Waals surface area (Å²) in [6.07, 6.45) is 3.54. The summed E-state index contributed by atoms with van der Waals surface area (Å²) in [4.78, 5) is 15.7. The Morgan fingerprint density at radius 3 is 2.38 bits per heavy atom. The first-order chi connectivity index (χ1) is 17.3. The van der Waals surface area contributed by atoms with Crippen molar-refractivity contribution in [2.24, 2.45) is 10.4 Å². The number of rotatable bonds is 11. The molecule has 0 amide bonds. The summed E-state index contributed by atoms with van der Waals surface area (Å²) in [6.45, 7) is 12.5. The molecule has 0 atom stereocenters. The number of aliphatic carboxylic acids is 1. The number of hydrogen-bond acceptors (Lipinski definition) is 4. The predicted octanol–water partition coefficient (Wildman–Crippen LogP) is 7.56. The average molecular weight is 520 g/mol. The van der Waals surface area contributed by atoms with Crippen LogP contribution in [0.5, 0.6) is 5.75 Å². The minimum Gasteiger partial charge on any atom is -0.492 e. The van der Waals surface area contributed by atoms with Gasteiger partial charge in [-0.05, 0) is 68.4 Å². The summed E-state index contributed by atoms with van der Waals surface area (Å²) in [7, 11) is 1.46. The van der Waals surface area contributed by atoms with Crippen molar-refractivity contribution in [3.63, 3.8) is 0 Å². The monoisotopic (exact) mass is 519 g/mol. The van der Waals surface area contributed by atoms with E-state index < -0.39 is 23.1 Å². The molecule has 1 aliphatic rings. The molecule has 8 heteroatoms. The highest BCUT2D eigenvalue weighted by Crippen LogP contribution is 2.40. The predicted molar refractivity (Wildman–Crippen MR) is 140 cm³/mol. The number of carboxylic acids is 1. The van der Waals surface area contributed by atoms with Crippen molar-refractivity contribution in [2.75, 3.05) is 13.7 Å². The topological polar surface area (TPSA) is 68.1 Å². The maximum Gasteiger partial charge on any atom is 0.415 e. The van der Waals surface area contributed by atoms with Crippen molar-refractivity contribution in [3.8, 4) is 5.75 Å². The summed E-state index contributed by atoms with van der Waals surface area (Å²) in [6, 6.07) is 5.59. The van der Waals surface area contributed by atoms with Gasteiger partial charge in [-0.2, -0.15) is 13.2 Å². The van der Waals surface area contributed by atoms with Gasteiger partial charge in [0, 0.05) is 5.57 Å². The van der Waals surface area contributed by atoms with Crippen LogP contribution < -0.4 is 4.74 Å². The molecular weight excluding hydrogens is 483 g/mol. The van der Waals surface area contributed by atoms with E-state index in [0.717, 1.165) is 37.3 Å². The van der Waals surface area contributed by atoms with Crippen molar-refractivity contribution < 1.29 is 32.5 Å². The molecule has 1 N–H and O–H groups in total. The Kier molecular flexibility index (Phi) is 10.3. The fraction of sp³-hybridized carbons (Fsp3) is 0.448. The Bertz CT molecular complexity index is 1090. The number of nitrogens with zero attached hydrogens (tertiary/aromatic N) is 1. The lowest BCUT2D eigenvalue weighted by atomic mass is 9.93. The van der Waals surface area contributed by atoms with E-state index in [1.165, 1.54) is 13.2 Å². The van der Waals surface area contributed by atoms with Crippen LogP contribution in [-0.4, -0.2) is 36.9 Å². The Balaban J connectivity index is 2.25. The number of halogens is 3. The average Bonchev–Trinajstić information content (AvgIpc) is 3.35. The van der Waals surface area contributed by atoms with Crippen LogP contribution in [-0.2, 0) is 16.0 Å². The van der Waals surface area contributed by atoms with E-state index >= 15 is 0 Å². The Labute approximate surface area is 217 Å². The molecule has 1 aromatic carbocycles. The maximum absolute atomic E-state index is 12.8. The number of aliphatic imine (C=N–C) groups is 1. The molecule has 1 aromatic rings. The van der Waals surface area contributed by atoms with Crippen LogP contribution in [0.2, 0.25) is 0 Å². The van der Waals surface area contributed by atoms with E-state index in [0.29, 0.717) is 28.7 Å². The number of carbonyl (C=O) groups is 1. The largest absolute Gasteiger partial charge is 0.492 e. The smallest absolute Gasteiger partial charge is 0.415 e. The first-order valence-electron chi connectivity index (χ1n) is 12.2. The number of ether oxygens (including phenoxy) is 2. The van der Waals surface area contributed by atoms with E-state index in [-0.39, 0.29) is 18.7 Å². The second-order valence-electron chi connectivity index (χ2n) is 9.76. The first-order valence-corrected chi connectivity index (χ1v) is 12.2. The Hall–Kier alpha value is -3.29. The molecule has 0 spiro atoms. The highest BCUT2D eigenvalue weighted by Gasteiger charge is 2.31. The molecule has 2 rings (SSSR count). The van der Waals surface area contributed by atoms with Gasteiger partial charge in [-0.1, -0.05) is 50.3 Å². The van der Waals surface area contributed by atoms with Crippen LogP contribution in [0.25, 0.3) is 0 Å². The molecule has 1 fully saturated rings. The van der Waals surface area contributed by atoms with Crippen LogP contribution in [0.15, 0.2) is 71.4 Å². The zero-order chi connectivity index (χ0) is 27.8. The number of carboxylic acid groups (broad SMARTS) is 1. The van der Waals surface area contributed by atoms with Gasteiger partial charge in [-0.3, -0.25) is 4.79 Å². The number of benzene rings is 1. The minimum atomic E-state index is -4.52. The van der Waals surface area contributed by atoms with E-state index in [9.17, 15) is 23.1 Å². The van der Waals surface area contributed by atoms with Crippen LogP contribution in [0, 0.1) is 5.41 Å². The van der Waals surface area contributed by atoms with Gasteiger partial charge in [0.1, 0.15) is 12.4 Å². The second kappa shape index (κ2) is 12.8. The van der Waals surface area contributed by atoms with E-state index in [2.05, 4.69) is 18.2 Å². The van der Waals surface area contributed by atoms with Crippen molar-refractivity contribution in [3.05, 3.63) is 77.6 Å². The maximum atomic E-state index is 12.8. The molecule has 0 unspecified atom stereocenters. The van der Waals surface area contributed by atoms with Crippen molar-refractivity contribution >= 4 is 11.9 Å². The number of alkyl halides is 3. The molecule has 0 bridgehead atoms. The van der Waals surface area contributed by atoms with E-state index in [4.69, 9.17) is 9.47 Å². The Morgan fingerprint density at radius 2 is 1.84 bits per heavy atom. The molecule has 5 nitrogen and oxygen atoms in total. The molecule has 202 valence electrons. The molecule has 0 aromatic heterocycles. The molecule has 1 aliphatic carbocycles. The highest BCUT2D eigenvalue weighted by atomic mass is 19.4. The van der Waals surface area contributed by atoms with Gasteiger partial charge in [0.25, 0.3) is 0 Å². The second-order valence-corrected chi connectivity index (χ2v) is 9.76. The zero-order valence-corrected chi connectivity index (χ0v) is 22.0. The number of methoxy groups -OCH3 is 1. The SMILES string of the molecule is C=C(N=C(OC)C(C)(C)COc1cc(CC(=O)O)ccc1C1CCCC1)C(/C=C\C(=C)C(F)(F)F)=C/C. The van der Waals surface area contributed by atoms with Gasteiger partial charge in [0.15, 0.2) is 5.90 Å². The molecule has 0 saturated heterocycles. The van der Waals surface area contributed by atoms with E-state index in [1.54, 1.807) is 19.1 Å². The zero-order valence-electron chi connectivity index (χ0n) is 22.0.